The zero-order valence-electron chi connectivity index (χ0n) is 17.8. The first kappa shape index (κ1) is 20.2. The lowest BCUT2D eigenvalue weighted by molar-refractivity contribution is 0.00578. The molecule has 0 aromatic heterocycles. The fourth-order valence-corrected chi connectivity index (χ4v) is 3.51. The Kier molecular flexibility index (Phi) is 5.05. The Bertz CT molecular complexity index is 587. The molecule has 2 aliphatic heterocycles. The normalized spacial score (nSPS) is 29.8. The number of rotatable bonds is 3. The zero-order chi connectivity index (χ0) is 19.4. The van der Waals surface area contributed by atoms with Gasteiger partial charge in [0.15, 0.2) is 0 Å². The Morgan fingerprint density at radius 2 is 1.31 bits per heavy atom. The third-order valence-corrected chi connectivity index (χ3v) is 6.76. The van der Waals surface area contributed by atoms with Crippen LogP contribution in [0.15, 0.2) is 23.1 Å². The maximum absolute atomic E-state index is 6.35. The van der Waals surface area contributed by atoms with Gasteiger partial charge in [-0.1, -0.05) is 17.6 Å². The molecule has 0 aromatic carbocycles. The third kappa shape index (κ3) is 3.58. The highest BCUT2D eigenvalue weighted by Gasteiger charge is 2.54. The van der Waals surface area contributed by atoms with Gasteiger partial charge in [-0.3, -0.25) is 0 Å². The van der Waals surface area contributed by atoms with Crippen LogP contribution >= 0.6 is 0 Å². The van der Waals surface area contributed by atoms with Gasteiger partial charge in [0.25, 0.3) is 0 Å². The molecule has 4 nitrogen and oxygen atoms in total. The second kappa shape index (κ2) is 6.51. The van der Waals surface area contributed by atoms with E-state index < -0.39 is 7.12 Å². The Morgan fingerprint density at radius 1 is 0.808 bits per heavy atom. The SMILES string of the molecule is CC1(C)OB(C=C(B2OC(C)(C)C(C)(C)O2)C2=CCCCC2)OC1(C)C. The summed E-state index contributed by atoms with van der Waals surface area (Å²) in [6, 6.07) is 0. The summed E-state index contributed by atoms with van der Waals surface area (Å²) in [7, 11) is -0.778. The molecule has 0 aromatic rings. The van der Waals surface area contributed by atoms with Crippen LogP contribution in [0.1, 0.15) is 81.1 Å². The van der Waals surface area contributed by atoms with E-state index in [1.165, 1.54) is 18.4 Å². The van der Waals surface area contributed by atoms with Crippen LogP contribution in [-0.4, -0.2) is 36.6 Å². The molecule has 0 saturated carbocycles. The lowest BCUT2D eigenvalue weighted by Crippen LogP contribution is -2.41. The molecular formula is C20H34B2O4. The molecule has 6 heteroatoms. The van der Waals surface area contributed by atoms with E-state index in [4.69, 9.17) is 18.6 Å². The Hall–Kier alpha value is -0.550. The van der Waals surface area contributed by atoms with Crippen molar-refractivity contribution < 1.29 is 18.6 Å². The van der Waals surface area contributed by atoms with Crippen molar-refractivity contribution in [2.45, 2.75) is 103 Å². The minimum absolute atomic E-state index is 0.351. The van der Waals surface area contributed by atoms with Gasteiger partial charge < -0.3 is 18.6 Å². The first-order valence-electron chi connectivity index (χ1n) is 9.97. The Balaban J connectivity index is 1.92. The maximum Gasteiger partial charge on any atom is 0.494 e. The standard InChI is InChI=1S/C20H34B2O4/c1-17(2)18(3,4)24-21(23-17)14-16(15-12-10-9-11-13-15)22-25-19(5,6)20(7,8)26-22/h12,14H,9-11,13H2,1-8H3. The summed E-state index contributed by atoms with van der Waals surface area (Å²) in [4.78, 5) is 0. The van der Waals surface area contributed by atoms with Crippen molar-refractivity contribution >= 4 is 14.2 Å². The van der Waals surface area contributed by atoms with Gasteiger partial charge >= 0.3 is 14.2 Å². The molecule has 2 fully saturated rings. The van der Waals surface area contributed by atoms with Crippen molar-refractivity contribution in [3.8, 4) is 0 Å². The molecule has 0 unspecified atom stereocenters. The quantitative estimate of drug-likeness (QED) is 0.685. The van der Waals surface area contributed by atoms with E-state index >= 15 is 0 Å². The first-order valence-corrected chi connectivity index (χ1v) is 9.97. The van der Waals surface area contributed by atoms with Crippen LogP contribution in [0.2, 0.25) is 0 Å². The average molecular weight is 360 g/mol. The number of allylic oxidation sites excluding steroid dienone is 3. The van der Waals surface area contributed by atoms with Crippen molar-refractivity contribution in [2.75, 3.05) is 0 Å². The summed E-state index contributed by atoms with van der Waals surface area (Å²) in [6.45, 7) is 16.7. The van der Waals surface area contributed by atoms with E-state index in [9.17, 15) is 0 Å². The molecule has 0 N–H and O–H groups in total. The van der Waals surface area contributed by atoms with Crippen molar-refractivity contribution in [3.63, 3.8) is 0 Å². The Morgan fingerprint density at radius 3 is 1.77 bits per heavy atom. The second-order valence-electron chi connectivity index (χ2n) is 9.81. The summed E-state index contributed by atoms with van der Waals surface area (Å²) in [6.07, 6.45) is 6.93. The summed E-state index contributed by atoms with van der Waals surface area (Å²) in [5.41, 5.74) is 0.960. The summed E-state index contributed by atoms with van der Waals surface area (Å²) in [5, 5.41) is 0. The minimum atomic E-state index is -0.392. The highest BCUT2D eigenvalue weighted by Crippen LogP contribution is 2.42. The Labute approximate surface area is 160 Å². The zero-order valence-corrected chi connectivity index (χ0v) is 17.8. The highest BCUT2D eigenvalue weighted by atomic mass is 16.7. The molecule has 0 bridgehead atoms. The molecule has 3 rings (SSSR count). The topological polar surface area (TPSA) is 36.9 Å². The molecule has 3 aliphatic rings. The van der Waals surface area contributed by atoms with Crippen LogP contribution in [0.5, 0.6) is 0 Å². The van der Waals surface area contributed by atoms with Gasteiger partial charge in [0.2, 0.25) is 0 Å². The van der Waals surface area contributed by atoms with E-state index in [0.717, 1.165) is 18.3 Å². The molecule has 1 aliphatic carbocycles. The summed E-state index contributed by atoms with van der Waals surface area (Å²) in [5.74, 6) is 2.08. The molecule has 26 heavy (non-hydrogen) atoms. The van der Waals surface area contributed by atoms with Crippen LogP contribution < -0.4 is 0 Å². The molecule has 0 radical (unpaired) electrons. The third-order valence-electron chi connectivity index (χ3n) is 6.76. The van der Waals surface area contributed by atoms with E-state index in [1.54, 1.807) is 0 Å². The smallest absolute Gasteiger partial charge is 0.400 e. The molecule has 0 spiro atoms. The molecule has 0 atom stereocenters. The van der Waals surface area contributed by atoms with Crippen LogP contribution in [0.25, 0.3) is 0 Å². The predicted octanol–water partition coefficient (Wildman–Crippen LogP) is 4.68. The van der Waals surface area contributed by atoms with Crippen molar-refractivity contribution in [1.29, 1.82) is 0 Å². The fraction of sp³-hybridized carbons (Fsp3) is 0.800. The predicted molar refractivity (Wildman–Crippen MR) is 107 cm³/mol. The van der Waals surface area contributed by atoms with Crippen LogP contribution in [0, 0.1) is 0 Å². The monoisotopic (exact) mass is 360 g/mol. The van der Waals surface area contributed by atoms with Crippen LogP contribution in [-0.2, 0) is 18.6 Å². The van der Waals surface area contributed by atoms with Gasteiger partial charge in [-0.2, -0.15) is 0 Å². The summed E-state index contributed by atoms with van der Waals surface area (Å²) < 4.78 is 25.1. The molecule has 0 amide bonds. The number of hydrogen-bond acceptors (Lipinski definition) is 4. The summed E-state index contributed by atoms with van der Waals surface area (Å²) >= 11 is 0. The average Bonchev–Trinajstić information content (AvgIpc) is 2.85. The minimum Gasteiger partial charge on any atom is -0.400 e. The van der Waals surface area contributed by atoms with Crippen LogP contribution in [0.3, 0.4) is 0 Å². The highest BCUT2D eigenvalue weighted by molar-refractivity contribution is 6.61. The van der Waals surface area contributed by atoms with Gasteiger partial charge in [-0.15, -0.1) is 0 Å². The maximum atomic E-state index is 6.35. The lowest BCUT2D eigenvalue weighted by Gasteiger charge is -2.32. The van der Waals surface area contributed by atoms with Crippen molar-refractivity contribution in [3.05, 3.63) is 23.1 Å². The van der Waals surface area contributed by atoms with Gasteiger partial charge in [0.1, 0.15) is 0 Å². The number of hydrogen-bond donors (Lipinski definition) is 0. The van der Waals surface area contributed by atoms with Gasteiger partial charge in [-0.25, -0.2) is 0 Å². The van der Waals surface area contributed by atoms with Crippen molar-refractivity contribution in [1.82, 2.24) is 0 Å². The fourth-order valence-electron chi connectivity index (χ4n) is 3.51. The first-order chi connectivity index (χ1) is 11.8. The lowest BCUT2D eigenvalue weighted by atomic mass is 9.66. The largest absolute Gasteiger partial charge is 0.494 e. The van der Waals surface area contributed by atoms with E-state index in [2.05, 4.69) is 67.4 Å². The molecule has 144 valence electrons. The van der Waals surface area contributed by atoms with Gasteiger partial charge in [0.05, 0.1) is 22.4 Å². The van der Waals surface area contributed by atoms with E-state index in [-0.39, 0.29) is 29.5 Å². The van der Waals surface area contributed by atoms with Crippen molar-refractivity contribution in [2.24, 2.45) is 0 Å². The van der Waals surface area contributed by atoms with E-state index in [0.29, 0.717) is 0 Å². The molecule has 2 heterocycles. The molecule has 2 saturated heterocycles. The van der Waals surface area contributed by atoms with Gasteiger partial charge in [0, 0.05) is 0 Å². The van der Waals surface area contributed by atoms with Gasteiger partial charge in [-0.05, 0) is 86.5 Å². The second-order valence-corrected chi connectivity index (χ2v) is 9.81. The van der Waals surface area contributed by atoms with E-state index in [1.807, 2.05) is 0 Å². The van der Waals surface area contributed by atoms with Crippen LogP contribution in [0.4, 0.5) is 0 Å². The molecular weight excluding hydrogens is 326 g/mol.